The van der Waals surface area contributed by atoms with E-state index in [0.29, 0.717) is 50.6 Å². The van der Waals surface area contributed by atoms with Gasteiger partial charge in [0.2, 0.25) is 10.0 Å². The number of benzene rings is 2. The van der Waals surface area contributed by atoms with Gasteiger partial charge in [0.25, 0.3) is 5.91 Å². The molecule has 3 rings (SSSR count). The zero-order valence-corrected chi connectivity index (χ0v) is 18.2. The molecule has 0 unspecified atom stereocenters. The molecule has 1 fully saturated rings. The molecule has 1 aliphatic rings. The number of carbonyl (C=O) groups excluding carboxylic acids is 1. The van der Waals surface area contributed by atoms with Gasteiger partial charge in [-0.3, -0.25) is 4.79 Å². The summed E-state index contributed by atoms with van der Waals surface area (Å²) in [5, 5.41) is 2.82. The minimum atomic E-state index is -3.38. The van der Waals surface area contributed by atoms with Crippen LogP contribution in [0, 0.1) is 13.8 Å². The fourth-order valence-electron chi connectivity index (χ4n) is 3.17. The average molecular weight is 433 g/mol. The largest absolute Gasteiger partial charge is 0.491 e. The molecule has 0 bridgehead atoms. The maximum absolute atomic E-state index is 12.5. The smallest absolute Gasteiger partial charge is 0.251 e. The normalized spacial score (nSPS) is 15.0. The summed E-state index contributed by atoms with van der Waals surface area (Å²) in [6.45, 7) is 6.33. The SMILES string of the molecule is Cc1ccc(C)c(OCCNC(=O)c2ccc(CS(=O)(=O)N3CCOCC3)cc2)c1. The Kier molecular flexibility index (Phi) is 7.47. The van der Waals surface area contributed by atoms with Crippen LogP contribution >= 0.6 is 0 Å². The first-order valence-corrected chi connectivity index (χ1v) is 11.6. The van der Waals surface area contributed by atoms with Crippen molar-refractivity contribution >= 4 is 15.9 Å². The second-order valence-electron chi connectivity index (χ2n) is 7.34. The third-order valence-electron chi connectivity index (χ3n) is 4.92. The van der Waals surface area contributed by atoms with Crippen LogP contribution in [0.4, 0.5) is 0 Å². The average Bonchev–Trinajstić information content (AvgIpc) is 2.74. The standard InChI is InChI=1S/C22H28N2O5S/c1-17-3-4-18(2)21(15-17)29-12-9-23-22(25)20-7-5-19(6-8-20)16-30(26,27)24-10-13-28-14-11-24/h3-8,15H,9-14,16H2,1-2H3,(H,23,25). The molecule has 0 radical (unpaired) electrons. The van der Waals surface area contributed by atoms with Crippen molar-refractivity contribution in [1.82, 2.24) is 9.62 Å². The van der Waals surface area contributed by atoms with Crippen molar-refractivity contribution in [2.45, 2.75) is 19.6 Å². The van der Waals surface area contributed by atoms with Crippen molar-refractivity contribution in [3.05, 3.63) is 64.7 Å². The Labute approximate surface area is 178 Å². The Morgan fingerprint density at radius 1 is 1.10 bits per heavy atom. The highest BCUT2D eigenvalue weighted by molar-refractivity contribution is 7.88. The Hall–Kier alpha value is -2.42. The summed E-state index contributed by atoms with van der Waals surface area (Å²) in [5.41, 5.74) is 3.30. The summed E-state index contributed by atoms with van der Waals surface area (Å²) in [6.07, 6.45) is 0. The first-order valence-electron chi connectivity index (χ1n) is 9.98. The fourth-order valence-corrected chi connectivity index (χ4v) is 4.67. The van der Waals surface area contributed by atoms with E-state index in [4.69, 9.17) is 9.47 Å². The topological polar surface area (TPSA) is 84.9 Å². The lowest BCUT2D eigenvalue weighted by atomic mass is 10.1. The quantitative estimate of drug-likeness (QED) is 0.647. The van der Waals surface area contributed by atoms with Crippen molar-refractivity contribution in [2.24, 2.45) is 0 Å². The number of amides is 1. The fraction of sp³-hybridized carbons (Fsp3) is 0.409. The lowest BCUT2D eigenvalue weighted by Gasteiger charge is -2.26. The van der Waals surface area contributed by atoms with E-state index in [0.717, 1.165) is 16.9 Å². The zero-order chi connectivity index (χ0) is 21.6. The van der Waals surface area contributed by atoms with E-state index in [1.165, 1.54) is 4.31 Å². The van der Waals surface area contributed by atoms with Crippen LogP contribution in [-0.4, -0.2) is 58.1 Å². The van der Waals surface area contributed by atoms with Crippen LogP contribution in [0.2, 0.25) is 0 Å². The molecule has 1 heterocycles. The molecule has 30 heavy (non-hydrogen) atoms. The highest BCUT2D eigenvalue weighted by Gasteiger charge is 2.24. The molecule has 0 aromatic heterocycles. The summed E-state index contributed by atoms with van der Waals surface area (Å²) in [4.78, 5) is 12.3. The van der Waals surface area contributed by atoms with E-state index in [1.54, 1.807) is 24.3 Å². The van der Waals surface area contributed by atoms with Crippen molar-refractivity contribution in [1.29, 1.82) is 0 Å². The third kappa shape index (κ3) is 6.04. The molecular weight excluding hydrogens is 404 g/mol. The summed E-state index contributed by atoms with van der Waals surface area (Å²) < 4.78 is 37.4. The van der Waals surface area contributed by atoms with Gasteiger partial charge in [0, 0.05) is 18.7 Å². The van der Waals surface area contributed by atoms with Crippen molar-refractivity contribution < 1.29 is 22.7 Å². The zero-order valence-electron chi connectivity index (χ0n) is 17.4. The number of carbonyl (C=O) groups is 1. The van der Waals surface area contributed by atoms with Crippen molar-refractivity contribution in [2.75, 3.05) is 39.5 Å². The highest BCUT2D eigenvalue weighted by atomic mass is 32.2. The summed E-state index contributed by atoms with van der Waals surface area (Å²) in [5.74, 6) is 0.510. The van der Waals surface area contributed by atoms with E-state index in [-0.39, 0.29) is 11.7 Å². The predicted molar refractivity (Wildman–Crippen MR) is 115 cm³/mol. The van der Waals surface area contributed by atoms with Crippen LogP contribution in [0.25, 0.3) is 0 Å². The number of rotatable bonds is 8. The molecule has 0 spiro atoms. The van der Waals surface area contributed by atoms with Gasteiger partial charge in [-0.25, -0.2) is 8.42 Å². The monoisotopic (exact) mass is 432 g/mol. The summed E-state index contributed by atoms with van der Waals surface area (Å²) in [6, 6.07) is 12.7. The molecular formula is C22H28N2O5S. The van der Waals surface area contributed by atoms with E-state index < -0.39 is 10.0 Å². The number of morpholine rings is 1. The third-order valence-corrected chi connectivity index (χ3v) is 6.77. The lowest BCUT2D eigenvalue weighted by Crippen LogP contribution is -2.41. The maximum atomic E-state index is 12.5. The number of ether oxygens (including phenoxy) is 2. The van der Waals surface area contributed by atoms with Gasteiger partial charge in [-0.2, -0.15) is 4.31 Å². The lowest BCUT2D eigenvalue weighted by molar-refractivity contribution is 0.0729. The van der Waals surface area contributed by atoms with Gasteiger partial charge in [-0.15, -0.1) is 0 Å². The summed E-state index contributed by atoms with van der Waals surface area (Å²) >= 11 is 0. The molecule has 1 N–H and O–H groups in total. The molecule has 2 aromatic carbocycles. The molecule has 1 aliphatic heterocycles. The molecule has 0 atom stereocenters. The highest BCUT2D eigenvalue weighted by Crippen LogP contribution is 2.19. The molecule has 0 aliphatic carbocycles. The van der Waals surface area contributed by atoms with E-state index in [1.807, 2.05) is 32.0 Å². The second-order valence-corrected chi connectivity index (χ2v) is 9.31. The number of hydrogen-bond acceptors (Lipinski definition) is 5. The van der Waals surface area contributed by atoms with Crippen LogP contribution < -0.4 is 10.1 Å². The Bertz CT molecular complexity index is 968. The number of sulfonamides is 1. The van der Waals surface area contributed by atoms with Crippen LogP contribution in [0.5, 0.6) is 5.75 Å². The molecule has 0 saturated carbocycles. The van der Waals surface area contributed by atoms with Gasteiger partial charge in [0.05, 0.1) is 25.5 Å². The minimum absolute atomic E-state index is 0.0847. The van der Waals surface area contributed by atoms with E-state index >= 15 is 0 Å². The molecule has 7 nitrogen and oxygen atoms in total. The van der Waals surface area contributed by atoms with Crippen molar-refractivity contribution in [3.8, 4) is 5.75 Å². The van der Waals surface area contributed by atoms with Gasteiger partial charge in [-0.1, -0.05) is 24.3 Å². The second kappa shape index (κ2) is 10.1. The van der Waals surface area contributed by atoms with Crippen molar-refractivity contribution in [3.63, 3.8) is 0 Å². The number of hydrogen-bond donors (Lipinski definition) is 1. The number of nitrogens with zero attached hydrogens (tertiary/aromatic N) is 1. The molecule has 8 heteroatoms. The van der Waals surface area contributed by atoms with Gasteiger partial charge in [0.15, 0.2) is 0 Å². The van der Waals surface area contributed by atoms with Crippen LogP contribution in [0.3, 0.4) is 0 Å². The minimum Gasteiger partial charge on any atom is -0.491 e. The van der Waals surface area contributed by atoms with Crippen LogP contribution in [0.15, 0.2) is 42.5 Å². The molecule has 1 saturated heterocycles. The Balaban J connectivity index is 1.48. The van der Waals surface area contributed by atoms with E-state index in [2.05, 4.69) is 5.32 Å². The maximum Gasteiger partial charge on any atom is 0.251 e. The Morgan fingerprint density at radius 2 is 1.80 bits per heavy atom. The van der Waals surface area contributed by atoms with Crippen LogP contribution in [0.1, 0.15) is 27.0 Å². The number of nitrogens with one attached hydrogen (secondary N) is 1. The van der Waals surface area contributed by atoms with Gasteiger partial charge >= 0.3 is 0 Å². The molecule has 162 valence electrons. The van der Waals surface area contributed by atoms with E-state index in [9.17, 15) is 13.2 Å². The van der Waals surface area contributed by atoms with Gasteiger partial charge < -0.3 is 14.8 Å². The first-order chi connectivity index (χ1) is 14.3. The molecule has 1 amide bonds. The van der Waals surface area contributed by atoms with Crippen LogP contribution in [-0.2, 0) is 20.5 Å². The summed E-state index contributed by atoms with van der Waals surface area (Å²) in [7, 11) is -3.38. The number of aryl methyl sites for hydroxylation is 2. The van der Waals surface area contributed by atoms with Gasteiger partial charge in [-0.05, 0) is 48.7 Å². The molecule has 2 aromatic rings. The first kappa shape index (κ1) is 22.3. The Morgan fingerprint density at radius 3 is 2.50 bits per heavy atom. The predicted octanol–water partition coefficient (Wildman–Crippen LogP) is 2.27. The van der Waals surface area contributed by atoms with Gasteiger partial charge in [0.1, 0.15) is 12.4 Å².